The monoisotopic (exact) mass is 613 g/mol. The summed E-state index contributed by atoms with van der Waals surface area (Å²) in [5.41, 5.74) is 12.0. The van der Waals surface area contributed by atoms with Gasteiger partial charge in [-0.15, -0.1) is 0 Å². The molecule has 1 heterocycles. The van der Waals surface area contributed by atoms with E-state index in [4.69, 9.17) is 4.42 Å². The summed E-state index contributed by atoms with van der Waals surface area (Å²) in [4.78, 5) is 2.40. The summed E-state index contributed by atoms with van der Waals surface area (Å²) in [5.74, 6) is 0. The first-order valence-electron chi connectivity index (χ1n) is 16.4. The summed E-state index contributed by atoms with van der Waals surface area (Å²) in [7, 11) is 0. The van der Waals surface area contributed by atoms with Crippen LogP contribution in [-0.2, 0) is 0 Å². The minimum atomic E-state index is 0.864. The molecule has 0 aliphatic rings. The van der Waals surface area contributed by atoms with Crippen molar-refractivity contribution in [2.75, 3.05) is 4.90 Å². The second kappa shape index (κ2) is 11.8. The zero-order chi connectivity index (χ0) is 31.9. The molecule has 9 aromatic rings. The van der Waals surface area contributed by atoms with Gasteiger partial charge in [-0.3, -0.25) is 0 Å². The van der Waals surface area contributed by atoms with Crippen molar-refractivity contribution in [3.63, 3.8) is 0 Å². The Balaban J connectivity index is 1.33. The number of benzene rings is 8. The SMILES string of the molecule is c1ccc(-c2ccc(N(c3ccc(-c4ccccc4)cc3)c3c(-c4ccccc4)ccc4oc5c6ccccc6ccc5c34)cc2)cc1. The molecule has 0 saturated carbocycles. The number of hydrogen-bond acceptors (Lipinski definition) is 2. The van der Waals surface area contributed by atoms with E-state index in [0.717, 1.165) is 55.5 Å². The number of fused-ring (bicyclic) bond motifs is 5. The Bertz CT molecular complexity index is 2430. The van der Waals surface area contributed by atoms with E-state index in [1.54, 1.807) is 0 Å². The van der Waals surface area contributed by atoms with Crippen molar-refractivity contribution >= 4 is 49.8 Å². The third kappa shape index (κ3) is 4.83. The minimum absolute atomic E-state index is 0.864. The highest BCUT2D eigenvalue weighted by molar-refractivity contribution is 6.21. The summed E-state index contributed by atoms with van der Waals surface area (Å²) in [5, 5.41) is 4.47. The van der Waals surface area contributed by atoms with Crippen molar-refractivity contribution in [2.24, 2.45) is 0 Å². The van der Waals surface area contributed by atoms with Gasteiger partial charge in [0.2, 0.25) is 0 Å². The Labute approximate surface area is 279 Å². The van der Waals surface area contributed by atoms with Gasteiger partial charge in [-0.2, -0.15) is 0 Å². The van der Waals surface area contributed by atoms with Gasteiger partial charge in [0.1, 0.15) is 11.2 Å². The van der Waals surface area contributed by atoms with Crippen LogP contribution < -0.4 is 4.90 Å². The van der Waals surface area contributed by atoms with E-state index in [2.05, 4.69) is 193 Å². The molecule has 2 nitrogen and oxygen atoms in total. The van der Waals surface area contributed by atoms with E-state index in [1.165, 1.54) is 27.6 Å². The van der Waals surface area contributed by atoms with Gasteiger partial charge in [0.05, 0.1) is 11.1 Å². The Morgan fingerprint density at radius 3 is 1.44 bits per heavy atom. The van der Waals surface area contributed by atoms with Gasteiger partial charge in [-0.05, 0) is 75.7 Å². The number of anilines is 3. The smallest absolute Gasteiger partial charge is 0.143 e. The number of rotatable bonds is 6. The maximum Gasteiger partial charge on any atom is 0.143 e. The predicted molar refractivity (Wildman–Crippen MR) is 202 cm³/mol. The molecule has 0 aliphatic heterocycles. The van der Waals surface area contributed by atoms with Crippen LogP contribution in [-0.4, -0.2) is 0 Å². The number of hydrogen-bond donors (Lipinski definition) is 0. The molecule has 2 heteroatoms. The fourth-order valence-corrected chi connectivity index (χ4v) is 6.94. The highest BCUT2D eigenvalue weighted by atomic mass is 16.3. The molecule has 0 radical (unpaired) electrons. The lowest BCUT2D eigenvalue weighted by atomic mass is 9.96. The van der Waals surface area contributed by atoms with Crippen LogP contribution in [0.1, 0.15) is 0 Å². The van der Waals surface area contributed by atoms with E-state index in [-0.39, 0.29) is 0 Å². The van der Waals surface area contributed by atoms with Crippen molar-refractivity contribution in [3.05, 3.63) is 188 Å². The van der Waals surface area contributed by atoms with Gasteiger partial charge in [0.15, 0.2) is 0 Å². The second-order valence-corrected chi connectivity index (χ2v) is 12.1. The lowest BCUT2D eigenvalue weighted by Crippen LogP contribution is -2.11. The molecule has 8 aromatic carbocycles. The molecular weight excluding hydrogens is 583 g/mol. The first kappa shape index (κ1) is 27.9. The van der Waals surface area contributed by atoms with E-state index in [0.29, 0.717) is 0 Å². The predicted octanol–water partition coefficient (Wildman–Crippen LogP) is 13.2. The summed E-state index contributed by atoms with van der Waals surface area (Å²) in [6, 6.07) is 66.8. The molecule has 0 aliphatic carbocycles. The molecule has 0 fully saturated rings. The van der Waals surface area contributed by atoms with E-state index in [1.807, 2.05) is 0 Å². The van der Waals surface area contributed by atoms with Gasteiger partial charge >= 0.3 is 0 Å². The highest BCUT2D eigenvalue weighted by Gasteiger charge is 2.24. The van der Waals surface area contributed by atoms with E-state index in [9.17, 15) is 0 Å². The zero-order valence-corrected chi connectivity index (χ0v) is 26.3. The molecular formula is C46H31NO. The maximum absolute atomic E-state index is 6.75. The summed E-state index contributed by atoms with van der Waals surface area (Å²) in [6.45, 7) is 0. The molecule has 0 unspecified atom stereocenters. The molecule has 48 heavy (non-hydrogen) atoms. The normalized spacial score (nSPS) is 11.3. The van der Waals surface area contributed by atoms with Crippen LogP contribution in [0, 0.1) is 0 Å². The van der Waals surface area contributed by atoms with Gasteiger partial charge in [0, 0.05) is 27.7 Å². The van der Waals surface area contributed by atoms with Crippen LogP contribution in [0.15, 0.2) is 192 Å². The standard InChI is InChI=1S/C46H31NO/c1-4-12-32(13-5-1)34-20-25-38(26-21-34)47(39-27-22-35(23-28-39)33-14-6-2-7-15-33)45-40(36-16-8-3-9-17-36)30-31-43-44(45)42-29-24-37-18-10-11-19-41(37)46(42)48-43/h1-31H. The van der Waals surface area contributed by atoms with Crippen LogP contribution in [0.5, 0.6) is 0 Å². The van der Waals surface area contributed by atoms with Crippen LogP contribution in [0.2, 0.25) is 0 Å². The maximum atomic E-state index is 6.75. The van der Waals surface area contributed by atoms with Crippen molar-refractivity contribution < 1.29 is 4.42 Å². The molecule has 9 rings (SSSR count). The molecule has 0 atom stereocenters. The fourth-order valence-electron chi connectivity index (χ4n) is 6.94. The van der Waals surface area contributed by atoms with Crippen LogP contribution in [0.25, 0.3) is 66.1 Å². The largest absolute Gasteiger partial charge is 0.455 e. The molecule has 0 amide bonds. The first-order chi connectivity index (χ1) is 23.8. The summed E-state index contributed by atoms with van der Waals surface area (Å²) in [6.07, 6.45) is 0. The van der Waals surface area contributed by atoms with Crippen molar-refractivity contribution in [1.29, 1.82) is 0 Å². The highest BCUT2D eigenvalue weighted by Crippen LogP contribution is 2.49. The number of furan rings is 1. The van der Waals surface area contributed by atoms with E-state index < -0.39 is 0 Å². The topological polar surface area (TPSA) is 16.4 Å². The van der Waals surface area contributed by atoms with E-state index >= 15 is 0 Å². The van der Waals surface area contributed by atoms with Crippen molar-refractivity contribution in [2.45, 2.75) is 0 Å². The Hall–Kier alpha value is -6.38. The second-order valence-electron chi connectivity index (χ2n) is 12.1. The Kier molecular flexibility index (Phi) is 6.84. The zero-order valence-electron chi connectivity index (χ0n) is 26.3. The lowest BCUT2D eigenvalue weighted by Gasteiger charge is -2.29. The quantitative estimate of drug-likeness (QED) is 0.185. The third-order valence-electron chi connectivity index (χ3n) is 9.27. The van der Waals surface area contributed by atoms with Crippen molar-refractivity contribution in [3.8, 4) is 33.4 Å². The molecule has 0 N–H and O–H groups in total. The fraction of sp³-hybridized carbons (Fsp3) is 0. The van der Waals surface area contributed by atoms with Gasteiger partial charge in [0.25, 0.3) is 0 Å². The minimum Gasteiger partial charge on any atom is -0.455 e. The molecule has 0 bridgehead atoms. The molecule has 0 saturated heterocycles. The molecule has 226 valence electrons. The lowest BCUT2D eigenvalue weighted by molar-refractivity contribution is 0.673. The van der Waals surface area contributed by atoms with Gasteiger partial charge in [-0.1, -0.05) is 146 Å². The Morgan fingerprint density at radius 2 is 0.854 bits per heavy atom. The average molecular weight is 614 g/mol. The van der Waals surface area contributed by atoms with Gasteiger partial charge in [-0.25, -0.2) is 0 Å². The van der Waals surface area contributed by atoms with Gasteiger partial charge < -0.3 is 9.32 Å². The molecule has 0 spiro atoms. The molecule has 1 aromatic heterocycles. The first-order valence-corrected chi connectivity index (χ1v) is 16.4. The van der Waals surface area contributed by atoms with Crippen LogP contribution in [0.4, 0.5) is 17.1 Å². The summed E-state index contributed by atoms with van der Waals surface area (Å²) < 4.78 is 6.75. The summed E-state index contributed by atoms with van der Waals surface area (Å²) >= 11 is 0. The van der Waals surface area contributed by atoms with Crippen molar-refractivity contribution in [1.82, 2.24) is 0 Å². The Morgan fingerprint density at radius 1 is 0.354 bits per heavy atom. The third-order valence-corrected chi connectivity index (χ3v) is 9.27. The average Bonchev–Trinajstić information content (AvgIpc) is 3.56. The van der Waals surface area contributed by atoms with Crippen LogP contribution >= 0.6 is 0 Å². The number of nitrogens with zero attached hydrogens (tertiary/aromatic N) is 1. The van der Waals surface area contributed by atoms with Crippen LogP contribution in [0.3, 0.4) is 0 Å².